The molecule has 2 aliphatic rings. The number of halogens is 1. The molecule has 15 heavy (non-hydrogen) atoms. The van der Waals surface area contributed by atoms with Gasteiger partial charge < -0.3 is 15.4 Å². The van der Waals surface area contributed by atoms with E-state index in [0.717, 1.165) is 32.1 Å². The average Bonchev–Trinajstić information content (AvgIpc) is 2.07. The molecule has 0 aliphatic carbocycles. The maximum absolute atomic E-state index is 6.03. The first-order valence-electron chi connectivity index (χ1n) is 4.79. The molecule has 80 valence electrons. The van der Waals surface area contributed by atoms with Crippen molar-refractivity contribution >= 4 is 23.2 Å². The van der Waals surface area contributed by atoms with Gasteiger partial charge in [-0.3, -0.25) is 0 Å². The van der Waals surface area contributed by atoms with Crippen molar-refractivity contribution in [2.24, 2.45) is 5.41 Å². The highest BCUT2D eigenvalue weighted by molar-refractivity contribution is 6.35. The Balaban J connectivity index is 1.80. The van der Waals surface area contributed by atoms with Crippen LogP contribution in [0.4, 0.5) is 11.6 Å². The van der Waals surface area contributed by atoms with Crippen LogP contribution >= 0.6 is 11.6 Å². The second kappa shape index (κ2) is 2.96. The normalized spacial score (nSPS) is 22.3. The number of nitrogens with zero attached hydrogens (tertiary/aromatic N) is 3. The molecule has 3 rings (SSSR count). The van der Waals surface area contributed by atoms with Crippen LogP contribution in [0.1, 0.15) is 0 Å². The van der Waals surface area contributed by atoms with Gasteiger partial charge in [0.25, 0.3) is 0 Å². The number of nitrogens with two attached hydrogens (primary N) is 1. The molecule has 0 aromatic carbocycles. The third-order valence-electron chi connectivity index (χ3n) is 2.97. The van der Waals surface area contributed by atoms with Crippen molar-refractivity contribution in [2.75, 3.05) is 36.9 Å². The predicted molar refractivity (Wildman–Crippen MR) is 56.9 cm³/mol. The molecule has 0 radical (unpaired) electrons. The van der Waals surface area contributed by atoms with Crippen LogP contribution in [0.3, 0.4) is 0 Å². The second-order valence-corrected chi connectivity index (χ2v) is 4.62. The Labute approximate surface area is 92.2 Å². The maximum Gasteiger partial charge on any atom is 0.153 e. The summed E-state index contributed by atoms with van der Waals surface area (Å²) in [5.74, 6) is 1.08. The Morgan fingerprint density at radius 1 is 1.40 bits per heavy atom. The number of anilines is 2. The number of ether oxygens (including phenoxy) is 1. The van der Waals surface area contributed by atoms with Gasteiger partial charge >= 0.3 is 0 Å². The van der Waals surface area contributed by atoms with Crippen molar-refractivity contribution in [3.8, 4) is 0 Å². The minimum absolute atomic E-state index is 0.340. The third-order valence-corrected chi connectivity index (χ3v) is 3.33. The van der Waals surface area contributed by atoms with E-state index in [-0.39, 0.29) is 0 Å². The summed E-state index contributed by atoms with van der Waals surface area (Å²) in [4.78, 5) is 10.1. The summed E-state index contributed by atoms with van der Waals surface area (Å²) in [5.41, 5.74) is 5.97. The zero-order valence-electron chi connectivity index (χ0n) is 8.11. The largest absolute Gasteiger partial charge is 0.382 e. The van der Waals surface area contributed by atoms with E-state index < -0.39 is 0 Å². The lowest BCUT2D eigenvalue weighted by Gasteiger charge is -2.55. The number of nitrogen functional groups attached to an aromatic ring is 1. The first-order chi connectivity index (χ1) is 7.20. The number of rotatable bonds is 1. The van der Waals surface area contributed by atoms with Crippen molar-refractivity contribution in [1.29, 1.82) is 0 Å². The summed E-state index contributed by atoms with van der Waals surface area (Å²) in [6.45, 7) is 3.59. The van der Waals surface area contributed by atoms with Crippen LogP contribution < -0.4 is 10.6 Å². The molecule has 6 heteroatoms. The van der Waals surface area contributed by atoms with Crippen LogP contribution in [0.5, 0.6) is 0 Å². The van der Waals surface area contributed by atoms with Crippen molar-refractivity contribution in [3.63, 3.8) is 0 Å². The highest BCUT2D eigenvalue weighted by Gasteiger charge is 2.49. The molecule has 1 spiro atoms. The molecule has 0 bridgehead atoms. The van der Waals surface area contributed by atoms with Gasteiger partial charge in [-0.1, -0.05) is 11.6 Å². The topological polar surface area (TPSA) is 64.3 Å². The fourth-order valence-electron chi connectivity index (χ4n) is 2.08. The monoisotopic (exact) mass is 226 g/mol. The van der Waals surface area contributed by atoms with E-state index >= 15 is 0 Å². The minimum Gasteiger partial charge on any atom is -0.382 e. The zero-order chi connectivity index (χ0) is 10.5. The first-order valence-corrected chi connectivity index (χ1v) is 5.17. The number of hydrogen-bond donors (Lipinski definition) is 1. The molecule has 2 aliphatic heterocycles. The van der Waals surface area contributed by atoms with Crippen molar-refractivity contribution in [3.05, 3.63) is 11.3 Å². The Morgan fingerprint density at radius 2 is 2.13 bits per heavy atom. The van der Waals surface area contributed by atoms with E-state index in [0.29, 0.717) is 16.3 Å². The van der Waals surface area contributed by atoms with E-state index in [9.17, 15) is 0 Å². The van der Waals surface area contributed by atoms with E-state index in [1.165, 1.54) is 6.33 Å². The molecule has 1 aromatic rings. The van der Waals surface area contributed by atoms with E-state index in [2.05, 4.69) is 14.9 Å². The molecule has 5 nitrogen and oxygen atoms in total. The van der Waals surface area contributed by atoms with Gasteiger partial charge in [-0.25, -0.2) is 9.97 Å². The highest BCUT2D eigenvalue weighted by Crippen LogP contribution is 2.41. The molecular weight excluding hydrogens is 216 g/mol. The standard InChI is InChI=1S/C9H11ClN4O/c10-6-7(11)12-5-13-8(6)14-1-9(2-14)3-15-4-9/h5H,1-4H2,(H2,11,12,13). The highest BCUT2D eigenvalue weighted by atomic mass is 35.5. The van der Waals surface area contributed by atoms with Crippen LogP contribution in [-0.4, -0.2) is 36.3 Å². The van der Waals surface area contributed by atoms with Gasteiger partial charge in [0, 0.05) is 13.1 Å². The Kier molecular flexibility index (Phi) is 1.81. The summed E-state index contributed by atoms with van der Waals surface area (Å²) in [6.07, 6.45) is 1.44. The van der Waals surface area contributed by atoms with Gasteiger partial charge in [-0.15, -0.1) is 0 Å². The first kappa shape index (κ1) is 9.18. The quantitative estimate of drug-likeness (QED) is 0.758. The van der Waals surface area contributed by atoms with E-state index in [1.54, 1.807) is 0 Å². The lowest BCUT2D eigenvalue weighted by atomic mass is 9.78. The fraction of sp³-hybridized carbons (Fsp3) is 0.556. The third kappa shape index (κ3) is 1.27. The smallest absolute Gasteiger partial charge is 0.153 e. The zero-order valence-corrected chi connectivity index (χ0v) is 8.87. The van der Waals surface area contributed by atoms with Crippen LogP contribution in [0.15, 0.2) is 6.33 Å². The molecule has 3 heterocycles. The fourth-order valence-corrected chi connectivity index (χ4v) is 2.30. The van der Waals surface area contributed by atoms with Crippen LogP contribution in [0.25, 0.3) is 0 Å². The van der Waals surface area contributed by atoms with E-state index in [4.69, 9.17) is 22.1 Å². The van der Waals surface area contributed by atoms with Crippen molar-refractivity contribution in [2.45, 2.75) is 0 Å². The molecule has 2 fully saturated rings. The van der Waals surface area contributed by atoms with Gasteiger partial charge in [0.1, 0.15) is 17.2 Å². The lowest BCUT2D eigenvalue weighted by Crippen LogP contribution is -2.66. The molecular formula is C9H11ClN4O. The summed E-state index contributed by atoms with van der Waals surface area (Å²) in [5, 5.41) is 0.451. The SMILES string of the molecule is Nc1ncnc(N2CC3(COC3)C2)c1Cl. The van der Waals surface area contributed by atoms with Crippen LogP contribution in [0, 0.1) is 5.41 Å². The van der Waals surface area contributed by atoms with Gasteiger partial charge in [-0.05, 0) is 0 Å². The molecule has 1 aromatic heterocycles. The summed E-state index contributed by atoms with van der Waals surface area (Å²) < 4.78 is 5.20. The average molecular weight is 227 g/mol. The summed E-state index contributed by atoms with van der Waals surface area (Å²) >= 11 is 6.03. The van der Waals surface area contributed by atoms with Gasteiger partial charge in [-0.2, -0.15) is 0 Å². The van der Waals surface area contributed by atoms with E-state index in [1.807, 2.05) is 0 Å². The second-order valence-electron chi connectivity index (χ2n) is 4.25. The summed E-state index contributed by atoms with van der Waals surface area (Å²) in [7, 11) is 0. The number of aromatic nitrogens is 2. The maximum atomic E-state index is 6.03. The van der Waals surface area contributed by atoms with Gasteiger partial charge in [0.15, 0.2) is 5.82 Å². The molecule has 0 unspecified atom stereocenters. The van der Waals surface area contributed by atoms with Crippen molar-refractivity contribution < 1.29 is 4.74 Å². The molecule has 2 saturated heterocycles. The molecule has 2 N–H and O–H groups in total. The van der Waals surface area contributed by atoms with Crippen LogP contribution in [-0.2, 0) is 4.74 Å². The van der Waals surface area contributed by atoms with Gasteiger partial charge in [0.05, 0.1) is 18.6 Å². The number of hydrogen-bond acceptors (Lipinski definition) is 5. The van der Waals surface area contributed by atoms with Gasteiger partial charge in [0.2, 0.25) is 0 Å². The Hall–Kier alpha value is -1.07. The molecule has 0 saturated carbocycles. The van der Waals surface area contributed by atoms with Crippen molar-refractivity contribution in [1.82, 2.24) is 9.97 Å². The lowest BCUT2D eigenvalue weighted by molar-refractivity contribution is -0.127. The molecule has 0 atom stereocenters. The Bertz CT molecular complexity index is 399. The Morgan fingerprint density at radius 3 is 2.73 bits per heavy atom. The predicted octanol–water partition coefficient (Wildman–Crippen LogP) is 0.549. The summed E-state index contributed by atoms with van der Waals surface area (Å²) in [6, 6.07) is 0. The minimum atomic E-state index is 0.340. The molecule has 0 amide bonds. The van der Waals surface area contributed by atoms with Crippen LogP contribution in [0.2, 0.25) is 5.02 Å².